The third kappa shape index (κ3) is 7.87. The monoisotopic (exact) mass is 514 g/mol. The van der Waals surface area contributed by atoms with E-state index in [1.54, 1.807) is 6.07 Å². The van der Waals surface area contributed by atoms with Crippen molar-refractivity contribution in [2.24, 2.45) is 17.8 Å². The maximum atomic E-state index is 14.0. The summed E-state index contributed by atoms with van der Waals surface area (Å²) < 4.78 is 42.9. The molecule has 2 aliphatic carbocycles. The Balaban J connectivity index is 1.14. The van der Waals surface area contributed by atoms with E-state index in [4.69, 9.17) is 0 Å². The van der Waals surface area contributed by atoms with Crippen LogP contribution in [0.4, 0.5) is 13.2 Å². The van der Waals surface area contributed by atoms with Crippen LogP contribution in [0.5, 0.6) is 5.75 Å². The number of benzene rings is 2. The molecule has 2 radical (unpaired) electrons. The number of alkyl halides is 2. The number of halogens is 3. The van der Waals surface area contributed by atoms with Gasteiger partial charge in [0.15, 0.2) is 11.6 Å². The van der Waals surface area contributed by atoms with Gasteiger partial charge in [-0.3, -0.25) is 0 Å². The third-order valence-corrected chi connectivity index (χ3v) is 10.1. The van der Waals surface area contributed by atoms with E-state index in [0.29, 0.717) is 5.56 Å². The van der Waals surface area contributed by atoms with Crippen LogP contribution in [0.25, 0.3) is 11.1 Å². The number of rotatable bonds is 11. The fraction of sp³-hybridized carbons (Fsp3) is 0.613. The second-order valence-corrected chi connectivity index (χ2v) is 12.8. The molecule has 0 aromatic heterocycles. The lowest BCUT2D eigenvalue weighted by Gasteiger charge is -2.38. The summed E-state index contributed by atoms with van der Waals surface area (Å²) in [5.74, 6) is 1.76. The minimum absolute atomic E-state index is 0.423. The van der Waals surface area contributed by atoms with Gasteiger partial charge in [-0.2, -0.15) is 8.78 Å². The summed E-state index contributed by atoms with van der Waals surface area (Å²) in [6, 6.07) is 13.7. The summed E-state index contributed by atoms with van der Waals surface area (Å²) in [6.07, 6.45) is 16.7. The Morgan fingerprint density at radius 3 is 2.08 bits per heavy atom. The summed E-state index contributed by atoms with van der Waals surface area (Å²) in [5, 5.41) is 0. The minimum Gasteiger partial charge on any atom is -0.432 e. The molecule has 36 heavy (non-hydrogen) atoms. The van der Waals surface area contributed by atoms with Gasteiger partial charge in [0, 0.05) is 9.52 Å². The minimum atomic E-state index is -3.03. The predicted molar refractivity (Wildman–Crippen MR) is 143 cm³/mol. The molecule has 0 amide bonds. The predicted octanol–water partition coefficient (Wildman–Crippen LogP) is 9.73. The summed E-state index contributed by atoms with van der Waals surface area (Å²) in [4.78, 5) is 0. The highest BCUT2D eigenvalue weighted by atomic mass is 28.2. The molecule has 0 saturated heterocycles. The van der Waals surface area contributed by atoms with Crippen LogP contribution in [0.15, 0.2) is 42.5 Å². The normalized spacial score (nSPS) is 24.7. The van der Waals surface area contributed by atoms with Gasteiger partial charge < -0.3 is 4.74 Å². The van der Waals surface area contributed by atoms with Crippen LogP contribution in [-0.4, -0.2) is 16.1 Å². The highest BCUT2D eigenvalue weighted by Gasteiger charge is 2.30. The average Bonchev–Trinajstić information content (AvgIpc) is 2.89. The van der Waals surface area contributed by atoms with Crippen molar-refractivity contribution in [2.75, 3.05) is 0 Å². The highest BCUT2D eigenvalue weighted by molar-refractivity contribution is 6.37. The zero-order valence-corrected chi connectivity index (χ0v) is 22.7. The van der Waals surface area contributed by atoms with Crippen molar-refractivity contribution in [3.05, 3.63) is 53.8 Å². The first kappa shape index (κ1) is 27.3. The zero-order chi connectivity index (χ0) is 25.3. The molecule has 2 aromatic rings. The molecule has 0 bridgehead atoms. The van der Waals surface area contributed by atoms with E-state index in [0.717, 1.165) is 35.3 Å². The van der Waals surface area contributed by atoms with Crippen LogP contribution in [0.1, 0.15) is 83.1 Å². The van der Waals surface area contributed by atoms with E-state index < -0.39 is 18.2 Å². The number of aryl methyl sites for hydroxylation is 1. The summed E-state index contributed by atoms with van der Waals surface area (Å²) in [5.41, 5.74) is 3.87. The van der Waals surface area contributed by atoms with Gasteiger partial charge >= 0.3 is 6.61 Å². The van der Waals surface area contributed by atoms with Crippen molar-refractivity contribution in [3.8, 4) is 16.9 Å². The molecular weight excluding hydrogens is 473 g/mol. The molecule has 2 aromatic carbocycles. The molecule has 0 unspecified atom stereocenters. The Labute approximate surface area is 218 Å². The van der Waals surface area contributed by atoms with Gasteiger partial charge in [-0.05, 0) is 77.8 Å². The van der Waals surface area contributed by atoms with Gasteiger partial charge in [0.1, 0.15) is 0 Å². The molecule has 196 valence electrons. The molecule has 1 nitrogen and oxygen atoms in total. The third-order valence-electron chi connectivity index (χ3n) is 8.59. The number of hydrogen-bond donors (Lipinski definition) is 0. The molecule has 2 aliphatic rings. The van der Waals surface area contributed by atoms with Gasteiger partial charge in [-0.15, -0.1) is 0 Å². The molecule has 4 rings (SSSR count). The largest absolute Gasteiger partial charge is 0.432 e. The highest BCUT2D eigenvalue weighted by Crippen LogP contribution is 2.43. The van der Waals surface area contributed by atoms with E-state index in [2.05, 4.69) is 23.8 Å². The Hall–Kier alpha value is -1.75. The Kier molecular flexibility index (Phi) is 10.4. The van der Waals surface area contributed by atoms with Crippen LogP contribution in [-0.2, 0) is 6.42 Å². The standard InChI is InChI=1S/C31H41F3OSi/c1-2-36-28-18-15-25(16-19-28)24-11-7-22(8-12-24)5-3-4-6-23-9-13-26(14-10-23)27-17-20-30(29(32)21-27)35-31(33)34/h9-10,13-14,17,20-22,24-25,28,31H,2-8,11-12,15-16,18-19H2,1H3. The van der Waals surface area contributed by atoms with Crippen LogP contribution < -0.4 is 4.74 Å². The van der Waals surface area contributed by atoms with E-state index in [-0.39, 0.29) is 0 Å². The lowest BCUT2D eigenvalue weighted by Crippen LogP contribution is -2.25. The smallest absolute Gasteiger partial charge is 0.387 e. The fourth-order valence-electron chi connectivity index (χ4n) is 6.53. The van der Waals surface area contributed by atoms with Gasteiger partial charge in [-0.25, -0.2) is 4.39 Å². The van der Waals surface area contributed by atoms with Crippen molar-refractivity contribution in [1.82, 2.24) is 0 Å². The molecule has 0 spiro atoms. The van der Waals surface area contributed by atoms with Crippen LogP contribution in [0, 0.1) is 23.6 Å². The quantitative estimate of drug-likeness (QED) is 0.214. The first-order chi connectivity index (χ1) is 17.5. The van der Waals surface area contributed by atoms with E-state index in [9.17, 15) is 13.2 Å². The summed E-state index contributed by atoms with van der Waals surface area (Å²) in [6.45, 7) is -0.689. The molecule has 0 N–H and O–H groups in total. The molecule has 0 atom stereocenters. The maximum Gasteiger partial charge on any atom is 0.387 e. The number of ether oxygens (including phenoxy) is 1. The first-order valence-corrected chi connectivity index (χ1v) is 15.4. The Morgan fingerprint density at radius 2 is 1.47 bits per heavy atom. The number of hydrogen-bond acceptors (Lipinski definition) is 1. The SMILES string of the molecule is CC[Si]C1CCC(C2CCC(CCCCc3ccc(-c4ccc(OC(F)F)c(F)c4)cc3)CC2)CC1. The lowest BCUT2D eigenvalue weighted by molar-refractivity contribution is -0.0521. The van der Waals surface area contributed by atoms with Crippen molar-refractivity contribution in [1.29, 1.82) is 0 Å². The van der Waals surface area contributed by atoms with Crippen molar-refractivity contribution < 1.29 is 17.9 Å². The van der Waals surface area contributed by atoms with E-state index >= 15 is 0 Å². The van der Waals surface area contributed by atoms with Gasteiger partial charge in [0.25, 0.3) is 0 Å². The van der Waals surface area contributed by atoms with Gasteiger partial charge in [-0.1, -0.05) is 94.7 Å². The maximum absolute atomic E-state index is 14.0. The average molecular weight is 515 g/mol. The van der Waals surface area contributed by atoms with Crippen LogP contribution in [0.3, 0.4) is 0 Å². The summed E-state index contributed by atoms with van der Waals surface area (Å²) >= 11 is 0. The Bertz CT molecular complexity index is 916. The lowest BCUT2D eigenvalue weighted by atomic mass is 9.70. The molecule has 2 saturated carbocycles. The van der Waals surface area contributed by atoms with Crippen LogP contribution in [0.2, 0.25) is 11.6 Å². The van der Waals surface area contributed by atoms with Crippen LogP contribution >= 0.6 is 0 Å². The molecule has 0 heterocycles. The molecule has 2 fully saturated rings. The van der Waals surface area contributed by atoms with Crippen molar-refractivity contribution >= 4 is 9.52 Å². The number of unbranched alkanes of at least 4 members (excludes halogenated alkanes) is 1. The topological polar surface area (TPSA) is 9.23 Å². The fourth-order valence-corrected chi connectivity index (χ4v) is 7.85. The zero-order valence-electron chi connectivity index (χ0n) is 21.7. The van der Waals surface area contributed by atoms with Gasteiger partial charge in [0.2, 0.25) is 0 Å². The second kappa shape index (κ2) is 13.7. The molecule has 0 aliphatic heterocycles. The van der Waals surface area contributed by atoms with Crippen molar-refractivity contribution in [3.63, 3.8) is 0 Å². The first-order valence-electron chi connectivity index (χ1n) is 14.1. The van der Waals surface area contributed by atoms with Crippen molar-refractivity contribution in [2.45, 2.75) is 102 Å². The second-order valence-electron chi connectivity index (χ2n) is 10.9. The van der Waals surface area contributed by atoms with E-state index in [1.165, 1.54) is 104 Å². The van der Waals surface area contributed by atoms with Gasteiger partial charge in [0.05, 0.1) is 0 Å². The summed E-state index contributed by atoms with van der Waals surface area (Å²) in [7, 11) is 1.20. The Morgan fingerprint density at radius 1 is 0.833 bits per heavy atom. The molecule has 5 heteroatoms. The van der Waals surface area contributed by atoms with E-state index in [1.807, 2.05) is 12.1 Å². The molecular formula is C31H41F3OSi.